The highest BCUT2D eigenvalue weighted by Gasteiger charge is 2.24. The Kier molecular flexibility index (Phi) is 8.40. The molecule has 0 bridgehead atoms. The van der Waals surface area contributed by atoms with Crippen molar-refractivity contribution >= 4 is 5.96 Å². The van der Waals surface area contributed by atoms with Crippen molar-refractivity contribution in [1.82, 2.24) is 20.4 Å². The Labute approximate surface area is 174 Å². The lowest BCUT2D eigenvalue weighted by molar-refractivity contribution is -0.0512. The number of aryl methyl sites for hydroxylation is 1. The zero-order valence-electron chi connectivity index (χ0n) is 17.7. The Balaban J connectivity index is 1.98. The number of hydrogen-bond acceptors (Lipinski definition) is 5. The van der Waals surface area contributed by atoms with E-state index in [0.717, 1.165) is 5.56 Å². The molecule has 166 valence electrons. The fourth-order valence-electron chi connectivity index (χ4n) is 2.76. The van der Waals surface area contributed by atoms with Crippen molar-refractivity contribution in [2.75, 3.05) is 26.7 Å². The van der Waals surface area contributed by atoms with Crippen molar-refractivity contribution in [3.05, 3.63) is 41.7 Å². The molecule has 3 N–H and O–H groups in total. The molecule has 0 fully saturated rings. The molecule has 0 radical (unpaired) electrons. The maximum absolute atomic E-state index is 12.6. The molecule has 0 amide bonds. The van der Waals surface area contributed by atoms with E-state index in [4.69, 9.17) is 4.74 Å². The zero-order chi connectivity index (χ0) is 22.1. The minimum Gasteiger partial charge on any atom is -0.493 e. The average Bonchev–Trinajstić information content (AvgIpc) is 3.13. The molecule has 1 unspecified atom stereocenters. The summed E-state index contributed by atoms with van der Waals surface area (Å²) in [4.78, 5) is 4.45. The summed E-state index contributed by atoms with van der Waals surface area (Å²) in [6, 6.07) is 4.91. The highest BCUT2D eigenvalue weighted by molar-refractivity contribution is 5.79. The summed E-state index contributed by atoms with van der Waals surface area (Å²) in [6.45, 7) is 1.99. The molecule has 8 nitrogen and oxygen atoms in total. The third-order valence-electron chi connectivity index (χ3n) is 4.37. The van der Waals surface area contributed by atoms with Crippen LogP contribution in [0.4, 0.5) is 8.78 Å². The van der Waals surface area contributed by atoms with E-state index in [1.54, 1.807) is 43.2 Å². The highest BCUT2D eigenvalue weighted by Crippen LogP contribution is 2.29. The molecule has 0 saturated carbocycles. The smallest absolute Gasteiger partial charge is 0.387 e. The van der Waals surface area contributed by atoms with Gasteiger partial charge >= 0.3 is 6.61 Å². The number of guanidine groups is 1. The molecule has 0 saturated heterocycles. The number of nitrogens with zero attached hydrogens (tertiary/aromatic N) is 3. The Morgan fingerprint density at radius 2 is 2.10 bits per heavy atom. The Hall–Kier alpha value is -2.88. The molecule has 0 aliphatic carbocycles. The number of ether oxygens (including phenoxy) is 2. The summed E-state index contributed by atoms with van der Waals surface area (Å²) < 4.78 is 36.3. The van der Waals surface area contributed by atoms with Gasteiger partial charge in [-0.25, -0.2) is 4.99 Å². The zero-order valence-corrected chi connectivity index (χ0v) is 17.7. The third kappa shape index (κ3) is 6.87. The molecule has 0 spiro atoms. The van der Waals surface area contributed by atoms with Gasteiger partial charge in [0.2, 0.25) is 0 Å². The molecule has 30 heavy (non-hydrogen) atoms. The number of benzene rings is 1. The fourth-order valence-corrected chi connectivity index (χ4v) is 2.76. The molecule has 1 aromatic heterocycles. The first-order valence-corrected chi connectivity index (χ1v) is 9.60. The third-order valence-corrected chi connectivity index (χ3v) is 4.37. The van der Waals surface area contributed by atoms with E-state index in [1.807, 2.05) is 6.92 Å². The van der Waals surface area contributed by atoms with E-state index in [9.17, 15) is 13.9 Å². The van der Waals surface area contributed by atoms with Gasteiger partial charge in [-0.3, -0.25) is 4.68 Å². The first-order valence-electron chi connectivity index (χ1n) is 9.60. The number of aliphatic imine (C=N–C) groups is 1. The quantitative estimate of drug-likeness (QED) is 0.399. The average molecular weight is 425 g/mol. The number of alkyl halides is 2. The van der Waals surface area contributed by atoms with Gasteiger partial charge in [-0.05, 0) is 38.0 Å². The maximum atomic E-state index is 12.6. The van der Waals surface area contributed by atoms with Crippen LogP contribution in [0, 0.1) is 0 Å². The second-order valence-electron chi connectivity index (χ2n) is 6.91. The van der Waals surface area contributed by atoms with Crippen LogP contribution < -0.4 is 20.1 Å². The van der Waals surface area contributed by atoms with Gasteiger partial charge in [0.15, 0.2) is 17.5 Å². The van der Waals surface area contributed by atoms with E-state index < -0.39 is 12.2 Å². The topological polar surface area (TPSA) is 92.9 Å². The van der Waals surface area contributed by atoms with Gasteiger partial charge in [-0.15, -0.1) is 0 Å². The van der Waals surface area contributed by atoms with Gasteiger partial charge < -0.3 is 25.2 Å². The molecule has 10 heteroatoms. The Morgan fingerprint density at radius 3 is 2.70 bits per heavy atom. The van der Waals surface area contributed by atoms with Crippen molar-refractivity contribution in [3.63, 3.8) is 0 Å². The summed E-state index contributed by atoms with van der Waals surface area (Å²) in [5.74, 6) is 0.789. The lowest BCUT2D eigenvalue weighted by Gasteiger charge is -2.20. The minimum atomic E-state index is -2.92. The van der Waals surface area contributed by atoms with Gasteiger partial charge in [0.1, 0.15) is 5.60 Å². The monoisotopic (exact) mass is 425 g/mol. The predicted octanol–water partition coefficient (Wildman–Crippen LogP) is 2.04. The Bertz CT molecular complexity index is 840. The van der Waals surface area contributed by atoms with Gasteiger partial charge in [-0.1, -0.05) is 6.07 Å². The van der Waals surface area contributed by atoms with Gasteiger partial charge in [-0.2, -0.15) is 13.9 Å². The maximum Gasteiger partial charge on any atom is 0.387 e. The first kappa shape index (κ1) is 23.4. The summed E-state index contributed by atoms with van der Waals surface area (Å²) in [5, 5.41) is 21.0. The summed E-state index contributed by atoms with van der Waals surface area (Å²) in [7, 11) is 3.18. The van der Waals surface area contributed by atoms with Crippen molar-refractivity contribution in [3.8, 4) is 11.5 Å². The van der Waals surface area contributed by atoms with Crippen molar-refractivity contribution in [1.29, 1.82) is 0 Å². The van der Waals surface area contributed by atoms with Crippen molar-refractivity contribution in [2.24, 2.45) is 12.0 Å². The molecule has 1 heterocycles. The molecular formula is C20H29F2N5O3. The number of halogens is 2. The van der Waals surface area contributed by atoms with Crippen LogP contribution in [0.5, 0.6) is 11.5 Å². The summed E-state index contributed by atoms with van der Waals surface area (Å²) in [6.07, 6.45) is 3.91. The number of methoxy groups -OCH3 is 1. The molecule has 0 aliphatic heterocycles. The van der Waals surface area contributed by atoms with E-state index in [2.05, 4.69) is 25.5 Å². The van der Waals surface area contributed by atoms with Crippen LogP contribution in [-0.2, 0) is 19.1 Å². The predicted molar refractivity (Wildman–Crippen MR) is 110 cm³/mol. The van der Waals surface area contributed by atoms with Crippen molar-refractivity contribution < 1.29 is 23.4 Å². The number of rotatable bonds is 10. The lowest BCUT2D eigenvalue weighted by Crippen LogP contribution is -2.39. The van der Waals surface area contributed by atoms with Crippen LogP contribution in [0.2, 0.25) is 0 Å². The normalized spacial score (nSPS) is 13.8. The Morgan fingerprint density at radius 1 is 1.33 bits per heavy atom. The summed E-state index contributed by atoms with van der Waals surface area (Å²) >= 11 is 0. The van der Waals surface area contributed by atoms with E-state index in [-0.39, 0.29) is 18.0 Å². The number of hydrogen-bond donors (Lipinski definition) is 3. The fraction of sp³-hybridized carbons (Fsp3) is 0.500. The first-order chi connectivity index (χ1) is 14.2. The second kappa shape index (κ2) is 10.8. The summed E-state index contributed by atoms with van der Waals surface area (Å²) in [5.41, 5.74) is 0.320. The van der Waals surface area contributed by atoms with Crippen LogP contribution in [0.25, 0.3) is 0 Å². The molecule has 0 aliphatic rings. The lowest BCUT2D eigenvalue weighted by atomic mass is 10.0. The highest BCUT2D eigenvalue weighted by atomic mass is 19.3. The molecule has 1 aromatic carbocycles. The SMILES string of the molecule is CCNC(=NCC(C)(O)c1cnn(C)c1)NCCc1ccc(OC)c(OC(F)F)c1. The number of aromatic nitrogens is 2. The molecule has 2 rings (SSSR count). The minimum absolute atomic E-state index is 0.00177. The van der Waals surface area contributed by atoms with E-state index in [0.29, 0.717) is 31.0 Å². The van der Waals surface area contributed by atoms with Crippen molar-refractivity contribution in [2.45, 2.75) is 32.5 Å². The molecule has 2 aromatic rings. The molecule has 1 atom stereocenters. The van der Waals surface area contributed by atoms with Crippen LogP contribution in [0.1, 0.15) is 25.0 Å². The van der Waals surface area contributed by atoms with Crippen LogP contribution in [0.15, 0.2) is 35.6 Å². The van der Waals surface area contributed by atoms with E-state index in [1.165, 1.54) is 13.2 Å². The van der Waals surface area contributed by atoms with Gasteiger partial charge in [0.05, 0.1) is 19.9 Å². The van der Waals surface area contributed by atoms with Gasteiger partial charge in [0, 0.05) is 31.9 Å². The van der Waals surface area contributed by atoms with Crippen LogP contribution in [0.3, 0.4) is 0 Å². The molecular weight excluding hydrogens is 396 g/mol. The standard InChI is InChI=1S/C20H29F2N5O3/c1-5-23-19(25-13-20(2,28)15-11-26-27(3)12-15)24-9-8-14-6-7-16(29-4)17(10-14)30-18(21)22/h6-7,10-12,18,28H,5,8-9,13H2,1-4H3,(H2,23,24,25). The van der Waals surface area contributed by atoms with Gasteiger partial charge in [0.25, 0.3) is 0 Å². The number of nitrogens with one attached hydrogen (secondary N) is 2. The van der Waals surface area contributed by atoms with Crippen LogP contribution >= 0.6 is 0 Å². The van der Waals surface area contributed by atoms with Crippen LogP contribution in [-0.4, -0.2) is 54.2 Å². The van der Waals surface area contributed by atoms with E-state index >= 15 is 0 Å². The number of aliphatic hydroxyl groups is 1. The largest absolute Gasteiger partial charge is 0.493 e. The second-order valence-corrected chi connectivity index (χ2v) is 6.91.